The molecule has 1 aromatic heterocycles. The van der Waals surface area contributed by atoms with E-state index in [-0.39, 0.29) is 18.4 Å². The van der Waals surface area contributed by atoms with Gasteiger partial charge in [-0.15, -0.1) is 0 Å². The molecule has 2 aromatic carbocycles. The first kappa shape index (κ1) is 18.8. The molecule has 2 N–H and O–H groups in total. The molecule has 0 saturated heterocycles. The molecule has 0 bridgehead atoms. The minimum absolute atomic E-state index is 0.0101. The second-order valence-electron chi connectivity index (χ2n) is 6.42. The predicted octanol–water partition coefficient (Wildman–Crippen LogP) is 4.08. The normalized spacial score (nSPS) is 18.4. The number of alkyl halides is 2. The van der Waals surface area contributed by atoms with Crippen LogP contribution >= 0.6 is 0 Å². The summed E-state index contributed by atoms with van der Waals surface area (Å²) in [6, 6.07) is 16.6. The lowest BCUT2D eigenvalue weighted by Gasteiger charge is -2.26. The molecule has 0 saturated carbocycles. The van der Waals surface area contributed by atoms with E-state index in [1.54, 1.807) is 42.5 Å². The summed E-state index contributed by atoms with van der Waals surface area (Å²) in [5, 5.41) is 0. The molecule has 148 valence electrons. The SMILES string of the molecule is NC1=NC(c2ccc(OC(F)F)cc2)(c2cccc(-c3cccnc3F)c2)CO1. The maximum Gasteiger partial charge on any atom is 0.387 e. The Bertz CT molecular complexity index is 1060. The van der Waals surface area contributed by atoms with Gasteiger partial charge < -0.3 is 15.2 Å². The van der Waals surface area contributed by atoms with Crippen LogP contribution in [0.4, 0.5) is 13.2 Å². The van der Waals surface area contributed by atoms with Gasteiger partial charge in [0.25, 0.3) is 6.02 Å². The molecule has 0 radical (unpaired) electrons. The van der Waals surface area contributed by atoms with Crippen molar-refractivity contribution in [2.45, 2.75) is 12.2 Å². The molecule has 0 fully saturated rings. The van der Waals surface area contributed by atoms with Crippen LogP contribution in [0.5, 0.6) is 5.75 Å². The standard InChI is InChI=1S/C21H16F3N3O2/c22-18-17(5-2-10-26-18)13-3-1-4-15(11-13)21(12-28-20(25)27-21)14-6-8-16(9-7-14)29-19(23)24/h1-11,19H,12H2,(H2,25,27). The van der Waals surface area contributed by atoms with Crippen LogP contribution in [0.25, 0.3) is 11.1 Å². The molecule has 5 nitrogen and oxygen atoms in total. The van der Waals surface area contributed by atoms with E-state index in [0.29, 0.717) is 22.3 Å². The van der Waals surface area contributed by atoms with E-state index in [0.717, 1.165) is 0 Å². The van der Waals surface area contributed by atoms with E-state index >= 15 is 0 Å². The Morgan fingerprint density at radius 2 is 1.83 bits per heavy atom. The van der Waals surface area contributed by atoms with Crippen LogP contribution in [0.15, 0.2) is 71.9 Å². The van der Waals surface area contributed by atoms with Crippen LogP contribution in [0.3, 0.4) is 0 Å². The Balaban J connectivity index is 1.79. The highest BCUT2D eigenvalue weighted by molar-refractivity contribution is 5.75. The molecule has 0 spiro atoms. The lowest BCUT2D eigenvalue weighted by Crippen LogP contribution is -2.27. The van der Waals surface area contributed by atoms with Gasteiger partial charge >= 0.3 is 6.61 Å². The smallest absolute Gasteiger partial charge is 0.387 e. The number of halogens is 3. The van der Waals surface area contributed by atoms with E-state index in [1.165, 1.54) is 18.3 Å². The molecule has 0 aliphatic carbocycles. The largest absolute Gasteiger partial charge is 0.462 e. The van der Waals surface area contributed by atoms with Crippen LogP contribution < -0.4 is 10.5 Å². The van der Waals surface area contributed by atoms with Gasteiger partial charge in [-0.25, -0.2) is 9.98 Å². The summed E-state index contributed by atoms with van der Waals surface area (Å²) >= 11 is 0. The predicted molar refractivity (Wildman–Crippen MR) is 101 cm³/mol. The van der Waals surface area contributed by atoms with Gasteiger partial charge in [-0.05, 0) is 47.0 Å². The van der Waals surface area contributed by atoms with E-state index in [1.807, 2.05) is 6.07 Å². The van der Waals surface area contributed by atoms with Gasteiger partial charge in [0.1, 0.15) is 12.4 Å². The first-order chi connectivity index (χ1) is 14.0. The van der Waals surface area contributed by atoms with Gasteiger partial charge in [-0.2, -0.15) is 13.2 Å². The molecule has 4 rings (SSSR count). The van der Waals surface area contributed by atoms with Crippen LogP contribution in [-0.4, -0.2) is 24.2 Å². The number of nitrogens with zero attached hydrogens (tertiary/aromatic N) is 2. The minimum atomic E-state index is -2.91. The molecule has 1 unspecified atom stereocenters. The van der Waals surface area contributed by atoms with Crippen LogP contribution in [-0.2, 0) is 10.3 Å². The van der Waals surface area contributed by atoms with Crippen molar-refractivity contribution in [3.05, 3.63) is 83.9 Å². The van der Waals surface area contributed by atoms with E-state index in [2.05, 4.69) is 14.7 Å². The van der Waals surface area contributed by atoms with Crippen molar-refractivity contribution >= 4 is 6.02 Å². The van der Waals surface area contributed by atoms with Crippen molar-refractivity contribution in [2.24, 2.45) is 10.7 Å². The molecular formula is C21H16F3N3O2. The first-order valence-corrected chi connectivity index (χ1v) is 8.73. The first-order valence-electron chi connectivity index (χ1n) is 8.73. The number of hydrogen-bond donors (Lipinski definition) is 1. The van der Waals surface area contributed by atoms with Gasteiger partial charge in [-0.1, -0.05) is 30.3 Å². The Kier molecular flexibility index (Phi) is 4.84. The molecule has 2 heterocycles. The summed E-state index contributed by atoms with van der Waals surface area (Å²) in [4.78, 5) is 8.17. The summed E-state index contributed by atoms with van der Waals surface area (Å²) in [7, 11) is 0. The molecule has 8 heteroatoms. The number of pyridine rings is 1. The van der Waals surface area contributed by atoms with Crippen molar-refractivity contribution in [1.82, 2.24) is 4.98 Å². The Labute approximate surface area is 164 Å². The van der Waals surface area contributed by atoms with Gasteiger partial charge in [0.15, 0.2) is 5.54 Å². The van der Waals surface area contributed by atoms with Crippen molar-refractivity contribution in [1.29, 1.82) is 0 Å². The highest BCUT2D eigenvalue weighted by Crippen LogP contribution is 2.39. The molecule has 3 aromatic rings. The molecule has 1 aliphatic rings. The molecular weight excluding hydrogens is 383 g/mol. The fourth-order valence-electron chi connectivity index (χ4n) is 3.35. The third kappa shape index (κ3) is 3.61. The monoisotopic (exact) mass is 399 g/mol. The Morgan fingerprint density at radius 3 is 2.48 bits per heavy atom. The number of hydrogen-bond acceptors (Lipinski definition) is 5. The van der Waals surface area contributed by atoms with Gasteiger partial charge in [-0.3, -0.25) is 0 Å². The zero-order chi connectivity index (χ0) is 20.4. The summed E-state index contributed by atoms with van der Waals surface area (Å²) in [5.41, 5.74) is 7.13. The van der Waals surface area contributed by atoms with E-state index in [4.69, 9.17) is 10.5 Å². The van der Waals surface area contributed by atoms with Gasteiger partial charge in [0.2, 0.25) is 5.95 Å². The maximum absolute atomic E-state index is 14.2. The zero-order valence-corrected chi connectivity index (χ0v) is 15.1. The number of benzene rings is 2. The molecule has 0 amide bonds. The average molecular weight is 399 g/mol. The number of rotatable bonds is 5. The highest BCUT2D eigenvalue weighted by Gasteiger charge is 2.40. The van der Waals surface area contributed by atoms with Crippen molar-refractivity contribution < 1.29 is 22.6 Å². The Morgan fingerprint density at radius 1 is 1.03 bits per heavy atom. The number of ether oxygens (including phenoxy) is 2. The fraction of sp³-hybridized carbons (Fsp3) is 0.143. The molecule has 1 aliphatic heterocycles. The average Bonchev–Trinajstić information content (AvgIpc) is 3.11. The summed E-state index contributed by atoms with van der Waals surface area (Å²) in [6.45, 7) is -2.79. The Hall–Kier alpha value is -3.55. The number of nitrogens with two attached hydrogens (primary N) is 1. The van der Waals surface area contributed by atoms with Gasteiger partial charge in [0.05, 0.1) is 0 Å². The summed E-state index contributed by atoms with van der Waals surface area (Å²) in [5.74, 6) is -0.557. The second kappa shape index (κ2) is 7.46. The van der Waals surface area contributed by atoms with Crippen LogP contribution in [0.1, 0.15) is 11.1 Å². The van der Waals surface area contributed by atoms with Crippen molar-refractivity contribution in [3.63, 3.8) is 0 Å². The topological polar surface area (TPSA) is 69.7 Å². The summed E-state index contributed by atoms with van der Waals surface area (Å²) in [6.07, 6.45) is 1.38. The number of aliphatic imine (C=N–C) groups is 1. The third-order valence-electron chi connectivity index (χ3n) is 4.70. The number of amidine groups is 1. The lowest BCUT2D eigenvalue weighted by atomic mass is 9.83. The van der Waals surface area contributed by atoms with Gasteiger partial charge in [0, 0.05) is 11.8 Å². The number of aromatic nitrogens is 1. The highest BCUT2D eigenvalue weighted by atomic mass is 19.3. The molecule has 29 heavy (non-hydrogen) atoms. The molecule has 1 atom stereocenters. The van der Waals surface area contributed by atoms with Crippen LogP contribution in [0, 0.1) is 5.95 Å². The van der Waals surface area contributed by atoms with E-state index < -0.39 is 18.1 Å². The fourth-order valence-corrected chi connectivity index (χ4v) is 3.35. The summed E-state index contributed by atoms with van der Waals surface area (Å²) < 4.78 is 48.9. The third-order valence-corrected chi connectivity index (χ3v) is 4.70. The lowest BCUT2D eigenvalue weighted by molar-refractivity contribution is -0.0498. The van der Waals surface area contributed by atoms with Crippen LogP contribution in [0.2, 0.25) is 0 Å². The second-order valence-corrected chi connectivity index (χ2v) is 6.42. The van der Waals surface area contributed by atoms with E-state index in [9.17, 15) is 13.2 Å². The van der Waals surface area contributed by atoms with Crippen molar-refractivity contribution in [3.8, 4) is 16.9 Å². The minimum Gasteiger partial charge on any atom is -0.462 e. The maximum atomic E-state index is 14.2. The van der Waals surface area contributed by atoms with Crippen molar-refractivity contribution in [2.75, 3.05) is 6.61 Å². The quantitative estimate of drug-likeness (QED) is 0.657. The zero-order valence-electron chi connectivity index (χ0n) is 15.1.